The second-order valence-corrected chi connectivity index (χ2v) is 5.33. The fraction of sp³-hybridized carbons (Fsp3) is 0.111. The number of para-hydroxylation sites is 1. The summed E-state index contributed by atoms with van der Waals surface area (Å²) in [7, 11) is 0. The number of benzene rings is 2. The van der Waals surface area contributed by atoms with Crippen LogP contribution in [0, 0.1) is 13.8 Å². The summed E-state index contributed by atoms with van der Waals surface area (Å²) in [6, 6.07) is 17.3. The van der Waals surface area contributed by atoms with Gasteiger partial charge in [0.2, 0.25) is 6.41 Å². The van der Waals surface area contributed by atoms with Crippen molar-refractivity contribution < 1.29 is 4.79 Å². The third-order valence-corrected chi connectivity index (χ3v) is 3.74. The van der Waals surface area contributed by atoms with E-state index in [1.165, 1.54) is 0 Å². The Morgan fingerprint density at radius 3 is 2.26 bits per heavy atom. The maximum atomic E-state index is 12.8. The molecule has 3 aromatic rings. The van der Waals surface area contributed by atoms with E-state index < -0.39 is 0 Å². The summed E-state index contributed by atoms with van der Waals surface area (Å²) in [4.78, 5) is 23.7. The zero-order valence-corrected chi connectivity index (χ0v) is 13.0. The van der Waals surface area contributed by atoms with Gasteiger partial charge in [-0.05, 0) is 43.7 Å². The Hall–Kier alpha value is -3.08. The van der Waals surface area contributed by atoms with Crippen LogP contribution in [-0.2, 0) is 4.79 Å². The highest BCUT2D eigenvalue weighted by Gasteiger charge is 2.19. The molecule has 0 aliphatic rings. The van der Waals surface area contributed by atoms with Crippen molar-refractivity contribution in [3.05, 3.63) is 76.2 Å². The fourth-order valence-corrected chi connectivity index (χ4v) is 2.70. The average Bonchev–Trinajstić information content (AvgIpc) is 2.80. The molecule has 23 heavy (non-hydrogen) atoms. The highest BCUT2D eigenvalue weighted by atomic mass is 16.1. The molecule has 1 N–H and O–H groups in total. The van der Waals surface area contributed by atoms with Gasteiger partial charge >= 0.3 is 0 Å². The molecule has 3 rings (SSSR count). The van der Waals surface area contributed by atoms with Gasteiger partial charge in [-0.1, -0.05) is 30.3 Å². The predicted octanol–water partition coefficient (Wildman–Crippen LogP) is 2.81. The molecule has 0 aliphatic carbocycles. The molecule has 5 nitrogen and oxygen atoms in total. The minimum Gasteiger partial charge on any atom is -0.323 e. The van der Waals surface area contributed by atoms with Gasteiger partial charge in [0.25, 0.3) is 5.56 Å². The van der Waals surface area contributed by atoms with Gasteiger partial charge < -0.3 is 5.32 Å². The van der Waals surface area contributed by atoms with Gasteiger partial charge in [-0.25, -0.2) is 9.36 Å². The number of nitrogens with zero attached hydrogens (tertiary/aromatic N) is 2. The van der Waals surface area contributed by atoms with Crippen molar-refractivity contribution in [1.29, 1.82) is 0 Å². The van der Waals surface area contributed by atoms with Crippen LogP contribution in [0.1, 0.15) is 11.3 Å². The standard InChI is InChI=1S/C18H17N3O2/c1-13-7-6-10-16(11-13)21-18(23)17(19-12-22)14(2)20(21)15-8-4-3-5-9-15/h3-12H,1-2H3,(H,19,22). The summed E-state index contributed by atoms with van der Waals surface area (Å²) in [6.45, 7) is 3.79. The Morgan fingerprint density at radius 1 is 0.913 bits per heavy atom. The van der Waals surface area contributed by atoms with Crippen molar-refractivity contribution >= 4 is 12.1 Å². The molecule has 0 radical (unpaired) electrons. The van der Waals surface area contributed by atoms with Crippen LogP contribution in [0.3, 0.4) is 0 Å². The fourth-order valence-electron chi connectivity index (χ4n) is 2.70. The van der Waals surface area contributed by atoms with Crippen molar-refractivity contribution in [2.75, 3.05) is 5.32 Å². The first-order chi connectivity index (χ1) is 11.1. The van der Waals surface area contributed by atoms with E-state index in [0.29, 0.717) is 12.1 Å². The number of aryl methyl sites for hydroxylation is 1. The number of anilines is 1. The first-order valence-electron chi connectivity index (χ1n) is 7.30. The number of hydrogen-bond acceptors (Lipinski definition) is 2. The first-order valence-corrected chi connectivity index (χ1v) is 7.30. The molecule has 0 saturated heterocycles. The maximum absolute atomic E-state index is 12.8. The molecule has 1 heterocycles. The lowest BCUT2D eigenvalue weighted by Gasteiger charge is -2.14. The number of aromatic nitrogens is 2. The van der Waals surface area contributed by atoms with Crippen LogP contribution >= 0.6 is 0 Å². The summed E-state index contributed by atoms with van der Waals surface area (Å²) in [6.07, 6.45) is 0.527. The van der Waals surface area contributed by atoms with E-state index in [2.05, 4.69) is 5.32 Å². The maximum Gasteiger partial charge on any atom is 0.295 e. The quantitative estimate of drug-likeness (QED) is 0.754. The molecule has 2 aromatic carbocycles. The summed E-state index contributed by atoms with van der Waals surface area (Å²) >= 11 is 0. The molecule has 0 aliphatic heterocycles. The molecule has 116 valence electrons. The molecule has 0 fully saturated rings. The van der Waals surface area contributed by atoms with Crippen LogP contribution in [0.5, 0.6) is 0 Å². The Bertz CT molecular complexity index is 908. The van der Waals surface area contributed by atoms with E-state index >= 15 is 0 Å². The summed E-state index contributed by atoms with van der Waals surface area (Å²) in [5, 5.41) is 2.52. The van der Waals surface area contributed by atoms with Gasteiger partial charge in [0.1, 0.15) is 5.69 Å². The minimum absolute atomic E-state index is 0.260. The molecule has 0 unspecified atom stereocenters. The number of amides is 1. The predicted molar refractivity (Wildman–Crippen MR) is 90.5 cm³/mol. The van der Waals surface area contributed by atoms with E-state index in [0.717, 1.165) is 16.9 Å². The molecule has 0 spiro atoms. The van der Waals surface area contributed by atoms with E-state index in [9.17, 15) is 9.59 Å². The van der Waals surface area contributed by atoms with Gasteiger partial charge in [-0.2, -0.15) is 0 Å². The SMILES string of the molecule is Cc1cccc(-n2c(=O)c(NC=O)c(C)n2-c2ccccc2)c1. The molecule has 1 aromatic heterocycles. The Kier molecular flexibility index (Phi) is 3.85. The smallest absolute Gasteiger partial charge is 0.295 e. The molecule has 5 heteroatoms. The molecule has 1 amide bonds. The molecule has 0 atom stereocenters. The number of carbonyl (C=O) groups is 1. The Balaban J connectivity index is 2.36. The second-order valence-electron chi connectivity index (χ2n) is 5.33. The molecule has 0 saturated carbocycles. The summed E-state index contributed by atoms with van der Waals surface area (Å²) in [5.41, 5.74) is 3.35. The number of rotatable bonds is 4. The van der Waals surface area contributed by atoms with Crippen LogP contribution in [0.4, 0.5) is 5.69 Å². The van der Waals surface area contributed by atoms with E-state index in [1.54, 1.807) is 4.68 Å². The van der Waals surface area contributed by atoms with Crippen LogP contribution < -0.4 is 10.9 Å². The Morgan fingerprint density at radius 2 is 1.61 bits per heavy atom. The van der Waals surface area contributed by atoms with E-state index in [4.69, 9.17) is 0 Å². The van der Waals surface area contributed by atoms with Crippen molar-refractivity contribution in [3.63, 3.8) is 0 Å². The van der Waals surface area contributed by atoms with Crippen LogP contribution in [0.25, 0.3) is 11.4 Å². The monoisotopic (exact) mass is 307 g/mol. The third-order valence-electron chi connectivity index (χ3n) is 3.74. The third kappa shape index (κ3) is 2.57. The van der Waals surface area contributed by atoms with Crippen LogP contribution in [-0.4, -0.2) is 15.8 Å². The Labute approximate surface area is 133 Å². The largest absolute Gasteiger partial charge is 0.323 e. The number of hydrogen-bond donors (Lipinski definition) is 1. The summed E-state index contributed by atoms with van der Waals surface area (Å²) < 4.78 is 3.38. The normalized spacial score (nSPS) is 10.5. The molecule has 0 bridgehead atoms. The first kappa shape index (κ1) is 14.8. The highest BCUT2D eigenvalue weighted by Crippen LogP contribution is 2.20. The lowest BCUT2D eigenvalue weighted by Crippen LogP contribution is -2.21. The minimum atomic E-state index is -0.260. The van der Waals surface area contributed by atoms with Gasteiger partial charge in [-0.3, -0.25) is 9.59 Å². The van der Waals surface area contributed by atoms with Crippen LogP contribution in [0.15, 0.2) is 59.4 Å². The lowest BCUT2D eigenvalue weighted by atomic mass is 10.2. The second kappa shape index (κ2) is 5.96. The number of carbonyl (C=O) groups excluding carboxylic acids is 1. The zero-order valence-electron chi connectivity index (χ0n) is 13.0. The van der Waals surface area contributed by atoms with E-state index in [1.807, 2.05) is 73.1 Å². The topological polar surface area (TPSA) is 56.0 Å². The van der Waals surface area contributed by atoms with Gasteiger partial charge in [0.05, 0.1) is 17.1 Å². The van der Waals surface area contributed by atoms with E-state index in [-0.39, 0.29) is 11.2 Å². The van der Waals surface area contributed by atoms with Crippen LogP contribution in [0.2, 0.25) is 0 Å². The summed E-state index contributed by atoms with van der Waals surface area (Å²) in [5.74, 6) is 0. The van der Waals surface area contributed by atoms with Gasteiger partial charge in [0, 0.05) is 0 Å². The molecular formula is C18H17N3O2. The lowest BCUT2D eigenvalue weighted by molar-refractivity contribution is -0.105. The van der Waals surface area contributed by atoms with Gasteiger partial charge in [0.15, 0.2) is 0 Å². The average molecular weight is 307 g/mol. The van der Waals surface area contributed by atoms with Crippen molar-refractivity contribution in [2.24, 2.45) is 0 Å². The zero-order chi connectivity index (χ0) is 16.4. The van der Waals surface area contributed by atoms with Crippen molar-refractivity contribution in [1.82, 2.24) is 9.36 Å². The van der Waals surface area contributed by atoms with Crippen molar-refractivity contribution in [3.8, 4) is 11.4 Å². The van der Waals surface area contributed by atoms with Gasteiger partial charge in [-0.15, -0.1) is 0 Å². The van der Waals surface area contributed by atoms with Crippen molar-refractivity contribution in [2.45, 2.75) is 13.8 Å². The molecular weight excluding hydrogens is 290 g/mol. The highest BCUT2D eigenvalue weighted by molar-refractivity contribution is 5.73. The number of nitrogens with one attached hydrogen (secondary N) is 1.